The predicted molar refractivity (Wildman–Crippen MR) is 169 cm³/mol. The average molecular weight is 599 g/mol. The molecule has 3 amide bonds. The lowest BCUT2D eigenvalue weighted by molar-refractivity contribution is -0.142. The molecule has 0 bridgehead atoms. The molecule has 1 aliphatic heterocycles. The third-order valence-electron chi connectivity index (χ3n) is 7.94. The zero-order valence-electron chi connectivity index (χ0n) is 25.3. The van der Waals surface area contributed by atoms with Crippen LogP contribution in [0.3, 0.4) is 0 Å². The highest BCUT2D eigenvalue weighted by atomic mass is 16.4. The fourth-order valence-electron chi connectivity index (χ4n) is 5.74. The highest BCUT2D eigenvalue weighted by molar-refractivity contribution is 5.92. The topological polar surface area (TPSA) is 137 Å². The number of carboxylic acid groups (broad SMARTS) is 1. The van der Waals surface area contributed by atoms with Crippen molar-refractivity contribution in [1.29, 1.82) is 0 Å². The summed E-state index contributed by atoms with van der Waals surface area (Å²) in [5, 5.41) is 21.7. The number of carboxylic acids is 1. The molecule has 0 spiro atoms. The van der Waals surface area contributed by atoms with Gasteiger partial charge in [-0.2, -0.15) is 0 Å². The number of nitrogens with one attached hydrogen (secondary N) is 4. The Balaban J connectivity index is 1.52. The molecular formula is C35H42N4O5. The fourth-order valence-corrected chi connectivity index (χ4v) is 5.74. The van der Waals surface area contributed by atoms with E-state index in [1.54, 1.807) is 0 Å². The molecule has 3 atom stereocenters. The first-order valence-corrected chi connectivity index (χ1v) is 15.2. The largest absolute Gasteiger partial charge is 0.480 e. The van der Waals surface area contributed by atoms with E-state index >= 15 is 0 Å². The van der Waals surface area contributed by atoms with Crippen molar-refractivity contribution in [2.75, 3.05) is 6.54 Å². The third kappa shape index (κ3) is 8.11. The van der Waals surface area contributed by atoms with Crippen LogP contribution in [0.15, 0.2) is 91.0 Å². The summed E-state index contributed by atoms with van der Waals surface area (Å²) < 4.78 is 0. The molecule has 1 saturated heterocycles. The van der Waals surface area contributed by atoms with Crippen molar-refractivity contribution < 1.29 is 24.3 Å². The van der Waals surface area contributed by atoms with E-state index in [1.807, 2.05) is 105 Å². The Hall–Kier alpha value is -4.50. The predicted octanol–water partition coefficient (Wildman–Crippen LogP) is 3.73. The van der Waals surface area contributed by atoms with Crippen molar-refractivity contribution in [1.82, 2.24) is 21.3 Å². The zero-order chi connectivity index (χ0) is 31.5. The number of amides is 3. The second-order valence-corrected chi connectivity index (χ2v) is 11.7. The maximum Gasteiger partial charge on any atom is 0.326 e. The van der Waals surface area contributed by atoms with E-state index in [4.69, 9.17) is 0 Å². The van der Waals surface area contributed by atoms with Gasteiger partial charge >= 0.3 is 5.97 Å². The van der Waals surface area contributed by atoms with Crippen molar-refractivity contribution in [2.45, 2.75) is 69.6 Å². The molecule has 0 saturated carbocycles. The van der Waals surface area contributed by atoms with Crippen LogP contribution in [0.4, 0.5) is 0 Å². The normalized spacial score (nSPS) is 16.1. The van der Waals surface area contributed by atoms with Crippen LogP contribution in [0, 0.1) is 5.92 Å². The number of carbonyl (C=O) groups excluding carboxylic acids is 3. The first-order chi connectivity index (χ1) is 21.2. The second-order valence-electron chi connectivity index (χ2n) is 11.7. The summed E-state index contributed by atoms with van der Waals surface area (Å²) in [6.07, 6.45) is 1.63. The maximum atomic E-state index is 13.7. The van der Waals surface area contributed by atoms with Crippen molar-refractivity contribution in [3.05, 3.63) is 108 Å². The van der Waals surface area contributed by atoms with Crippen LogP contribution in [-0.2, 0) is 24.7 Å². The van der Waals surface area contributed by atoms with Gasteiger partial charge in [0.25, 0.3) is 0 Å². The summed E-state index contributed by atoms with van der Waals surface area (Å²) in [7, 11) is 0. The Bertz CT molecular complexity index is 1300. The molecule has 3 aromatic rings. The van der Waals surface area contributed by atoms with Crippen LogP contribution >= 0.6 is 0 Å². The Morgan fingerprint density at radius 3 is 1.77 bits per heavy atom. The number of hydrogen-bond acceptors (Lipinski definition) is 5. The number of rotatable bonds is 14. The van der Waals surface area contributed by atoms with Crippen LogP contribution in [0.1, 0.15) is 62.6 Å². The van der Waals surface area contributed by atoms with Crippen LogP contribution in [-0.4, -0.2) is 53.5 Å². The molecule has 4 rings (SSSR count). The van der Waals surface area contributed by atoms with E-state index in [-0.39, 0.29) is 36.6 Å². The van der Waals surface area contributed by atoms with Crippen LogP contribution in [0.2, 0.25) is 0 Å². The van der Waals surface area contributed by atoms with Crippen LogP contribution in [0.5, 0.6) is 0 Å². The van der Waals surface area contributed by atoms with Crippen LogP contribution in [0.25, 0.3) is 0 Å². The Morgan fingerprint density at radius 2 is 1.34 bits per heavy atom. The molecule has 5 N–H and O–H groups in total. The summed E-state index contributed by atoms with van der Waals surface area (Å²) in [6.45, 7) is 4.60. The maximum absolute atomic E-state index is 13.7. The summed E-state index contributed by atoms with van der Waals surface area (Å²) in [4.78, 5) is 51.9. The van der Waals surface area contributed by atoms with E-state index in [9.17, 15) is 24.3 Å². The van der Waals surface area contributed by atoms with E-state index in [1.165, 1.54) is 0 Å². The van der Waals surface area contributed by atoms with Crippen molar-refractivity contribution in [3.63, 3.8) is 0 Å². The van der Waals surface area contributed by atoms with Gasteiger partial charge in [-0.3, -0.25) is 14.4 Å². The lowest BCUT2D eigenvalue weighted by atomic mass is 9.77. The van der Waals surface area contributed by atoms with Gasteiger partial charge in [-0.1, -0.05) is 105 Å². The molecule has 0 aromatic heterocycles. The highest BCUT2D eigenvalue weighted by Gasteiger charge is 2.38. The van der Waals surface area contributed by atoms with Gasteiger partial charge in [-0.25, -0.2) is 4.79 Å². The minimum Gasteiger partial charge on any atom is -0.480 e. The molecule has 1 heterocycles. The fraction of sp³-hybridized carbons (Fsp3) is 0.371. The Labute approximate surface area is 258 Å². The Morgan fingerprint density at radius 1 is 0.818 bits per heavy atom. The molecular weight excluding hydrogens is 556 g/mol. The first-order valence-electron chi connectivity index (χ1n) is 15.2. The molecule has 0 aliphatic carbocycles. The van der Waals surface area contributed by atoms with Crippen molar-refractivity contribution in [3.8, 4) is 0 Å². The first kappa shape index (κ1) is 32.4. The average Bonchev–Trinajstić information content (AvgIpc) is 3.58. The summed E-state index contributed by atoms with van der Waals surface area (Å²) >= 11 is 0. The second kappa shape index (κ2) is 15.3. The lowest BCUT2D eigenvalue weighted by Crippen LogP contribution is -2.55. The molecule has 44 heavy (non-hydrogen) atoms. The van der Waals surface area contributed by atoms with Gasteiger partial charge in [0.05, 0.1) is 6.04 Å². The van der Waals surface area contributed by atoms with Gasteiger partial charge in [0.1, 0.15) is 17.6 Å². The molecule has 3 aromatic carbocycles. The van der Waals surface area contributed by atoms with E-state index in [2.05, 4.69) is 21.3 Å². The molecule has 1 aliphatic rings. The quantitative estimate of drug-likeness (QED) is 0.180. The molecule has 0 radical (unpaired) electrons. The van der Waals surface area contributed by atoms with Gasteiger partial charge < -0.3 is 26.4 Å². The van der Waals surface area contributed by atoms with Gasteiger partial charge in [0.15, 0.2) is 0 Å². The smallest absolute Gasteiger partial charge is 0.326 e. The number of carbonyl (C=O) groups is 4. The number of aliphatic carboxylic acids is 1. The summed E-state index contributed by atoms with van der Waals surface area (Å²) in [5.74, 6) is -2.39. The van der Waals surface area contributed by atoms with E-state index in [0.717, 1.165) is 29.7 Å². The Kier molecular flexibility index (Phi) is 11.3. The molecule has 0 unspecified atom stereocenters. The number of hydrogen-bond donors (Lipinski definition) is 5. The van der Waals surface area contributed by atoms with Gasteiger partial charge in [0.2, 0.25) is 17.7 Å². The molecule has 232 valence electrons. The van der Waals surface area contributed by atoms with Crippen molar-refractivity contribution >= 4 is 23.7 Å². The summed E-state index contributed by atoms with van der Waals surface area (Å²) in [6, 6.07) is 26.3. The summed E-state index contributed by atoms with van der Waals surface area (Å²) in [5.41, 5.74) is 1.50. The minimum absolute atomic E-state index is 0.0822. The third-order valence-corrected chi connectivity index (χ3v) is 7.94. The van der Waals surface area contributed by atoms with Gasteiger partial charge in [0, 0.05) is 6.42 Å². The lowest BCUT2D eigenvalue weighted by Gasteiger charge is -2.37. The minimum atomic E-state index is -1.32. The van der Waals surface area contributed by atoms with Crippen molar-refractivity contribution in [2.24, 2.45) is 5.92 Å². The van der Waals surface area contributed by atoms with Gasteiger partial charge in [-0.15, -0.1) is 0 Å². The van der Waals surface area contributed by atoms with Gasteiger partial charge in [-0.05, 0) is 54.8 Å². The zero-order valence-corrected chi connectivity index (χ0v) is 25.3. The van der Waals surface area contributed by atoms with Crippen LogP contribution < -0.4 is 21.3 Å². The van der Waals surface area contributed by atoms with E-state index < -0.39 is 29.5 Å². The van der Waals surface area contributed by atoms with E-state index in [0.29, 0.717) is 12.8 Å². The molecule has 9 nitrogen and oxygen atoms in total. The number of benzene rings is 3. The monoisotopic (exact) mass is 598 g/mol. The SMILES string of the molecule is CC(C)C[C@H](NC(=O)[C@@H]1CCCN1)C(=O)N[C@@H](CCC(=O)NC(c1ccccc1)(c1ccccc1)c1ccccc1)C(=O)O. The standard InChI is InChI=1S/C35H42N4O5/c1-24(2)23-30(38-32(41)28-19-12-22-36-28)33(42)37-29(34(43)44)20-21-31(40)39-35(25-13-6-3-7-14-25,26-15-8-4-9-16-26)27-17-10-5-11-18-27/h3-11,13-18,24,28-30,36H,12,19-23H2,1-2H3,(H,37,42)(H,38,41)(H,39,40)(H,43,44)/t28-,29-,30-/m0/s1. The highest BCUT2D eigenvalue weighted by Crippen LogP contribution is 2.37. The molecule has 9 heteroatoms. The molecule has 1 fully saturated rings.